The van der Waals surface area contributed by atoms with E-state index in [0.717, 1.165) is 17.6 Å². The summed E-state index contributed by atoms with van der Waals surface area (Å²) in [6.07, 6.45) is 11.4. The van der Waals surface area contributed by atoms with Gasteiger partial charge in [-0.05, 0) is 32.8 Å². The molecule has 0 aromatic carbocycles. The zero-order valence-electron chi connectivity index (χ0n) is 9.51. The van der Waals surface area contributed by atoms with Crippen LogP contribution >= 0.6 is 0 Å². The van der Waals surface area contributed by atoms with E-state index in [4.69, 9.17) is 0 Å². The van der Waals surface area contributed by atoms with Gasteiger partial charge in [-0.25, -0.2) is 0 Å². The summed E-state index contributed by atoms with van der Waals surface area (Å²) < 4.78 is 0. The monoisotopic (exact) mass is 188 g/mol. The third-order valence-electron chi connectivity index (χ3n) is 1.75. The Hall–Kier alpha value is -1.30. The first-order chi connectivity index (χ1) is 6.57. The van der Waals surface area contributed by atoms with Crippen LogP contribution in [0.15, 0.2) is 60.3 Å². The average Bonchev–Trinajstić information content (AvgIpc) is 2.10. The zero-order chi connectivity index (χ0) is 11.0. The standard InChI is InChI=1S/C14H20/c1-6-7-8-9-14(13(4)5)11-10-12(2)3/h6-7,9-11H,2,4,8H2,1,3,5H3/b7-6-,11-10-,14-9+. The summed E-state index contributed by atoms with van der Waals surface area (Å²) in [5, 5.41) is 0. The SMILES string of the molecule is C=C(C)/C=C\C(=C/C/C=C\C)C(=C)C. The Morgan fingerprint density at radius 2 is 1.79 bits per heavy atom. The molecule has 0 bridgehead atoms. The Labute approximate surface area is 88.0 Å². The molecule has 0 aliphatic heterocycles. The van der Waals surface area contributed by atoms with E-state index in [1.54, 1.807) is 0 Å². The Morgan fingerprint density at radius 3 is 2.21 bits per heavy atom. The molecule has 0 aromatic heterocycles. The Kier molecular flexibility index (Phi) is 6.47. The van der Waals surface area contributed by atoms with E-state index in [0.29, 0.717) is 0 Å². The van der Waals surface area contributed by atoms with Crippen molar-refractivity contribution in [2.45, 2.75) is 27.2 Å². The van der Waals surface area contributed by atoms with Gasteiger partial charge in [-0.1, -0.05) is 54.7 Å². The molecule has 0 atom stereocenters. The fourth-order valence-corrected chi connectivity index (χ4v) is 0.948. The van der Waals surface area contributed by atoms with E-state index in [-0.39, 0.29) is 0 Å². The first kappa shape index (κ1) is 12.7. The van der Waals surface area contributed by atoms with Gasteiger partial charge in [0, 0.05) is 0 Å². The minimum atomic E-state index is 0.958. The highest BCUT2D eigenvalue weighted by atomic mass is 14.0. The maximum Gasteiger partial charge on any atom is -0.0160 e. The van der Waals surface area contributed by atoms with Crippen molar-refractivity contribution in [2.75, 3.05) is 0 Å². The predicted molar refractivity (Wildman–Crippen MR) is 66.3 cm³/mol. The topological polar surface area (TPSA) is 0 Å². The van der Waals surface area contributed by atoms with Crippen LogP contribution in [0.25, 0.3) is 0 Å². The van der Waals surface area contributed by atoms with Gasteiger partial charge in [0.05, 0.1) is 0 Å². The molecule has 0 radical (unpaired) electrons. The maximum absolute atomic E-state index is 3.94. The molecule has 0 fully saturated rings. The van der Waals surface area contributed by atoms with Gasteiger partial charge in [0.1, 0.15) is 0 Å². The highest BCUT2D eigenvalue weighted by Gasteiger charge is 1.90. The number of hydrogen-bond acceptors (Lipinski definition) is 0. The molecule has 0 heteroatoms. The van der Waals surface area contributed by atoms with Crippen molar-refractivity contribution in [3.8, 4) is 0 Å². The summed E-state index contributed by atoms with van der Waals surface area (Å²) in [6, 6.07) is 0. The lowest BCUT2D eigenvalue weighted by Crippen LogP contribution is -1.79. The van der Waals surface area contributed by atoms with Crippen LogP contribution in [0, 0.1) is 0 Å². The second-order valence-electron chi connectivity index (χ2n) is 3.42. The molecule has 76 valence electrons. The van der Waals surface area contributed by atoms with Crippen molar-refractivity contribution in [3.05, 3.63) is 60.3 Å². The van der Waals surface area contributed by atoms with Gasteiger partial charge in [-0.2, -0.15) is 0 Å². The summed E-state index contributed by atoms with van der Waals surface area (Å²) in [5.74, 6) is 0. The summed E-state index contributed by atoms with van der Waals surface area (Å²) in [7, 11) is 0. The van der Waals surface area contributed by atoms with Crippen LogP contribution in [0.5, 0.6) is 0 Å². The number of allylic oxidation sites excluding steroid dienone is 8. The van der Waals surface area contributed by atoms with Crippen LogP contribution in [0.1, 0.15) is 27.2 Å². The van der Waals surface area contributed by atoms with Crippen LogP contribution in [-0.4, -0.2) is 0 Å². The third kappa shape index (κ3) is 6.24. The maximum atomic E-state index is 3.94. The van der Waals surface area contributed by atoms with Crippen molar-refractivity contribution in [2.24, 2.45) is 0 Å². The quantitative estimate of drug-likeness (QED) is 0.437. The molecule has 0 aromatic rings. The van der Waals surface area contributed by atoms with Crippen molar-refractivity contribution in [1.29, 1.82) is 0 Å². The van der Waals surface area contributed by atoms with Crippen LogP contribution in [0.3, 0.4) is 0 Å². The molecule has 0 N–H and O–H groups in total. The van der Waals surface area contributed by atoms with Crippen molar-refractivity contribution >= 4 is 0 Å². The predicted octanol–water partition coefficient (Wildman–Crippen LogP) is 4.59. The molecule has 0 rings (SSSR count). The lowest BCUT2D eigenvalue weighted by Gasteiger charge is -1.99. The van der Waals surface area contributed by atoms with E-state index in [2.05, 4.69) is 37.5 Å². The van der Waals surface area contributed by atoms with Crippen LogP contribution in [0.4, 0.5) is 0 Å². The minimum absolute atomic E-state index is 0.958. The molecule has 0 nitrogen and oxygen atoms in total. The second kappa shape index (κ2) is 7.14. The first-order valence-electron chi connectivity index (χ1n) is 4.88. The molecule has 0 heterocycles. The van der Waals surface area contributed by atoms with E-state index in [1.807, 2.05) is 26.8 Å². The molecule has 0 saturated carbocycles. The number of rotatable bonds is 5. The summed E-state index contributed by atoms with van der Waals surface area (Å²) in [6.45, 7) is 13.8. The van der Waals surface area contributed by atoms with E-state index in [9.17, 15) is 0 Å². The highest BCUT2D eigenvalue weighted by molar-refractivity contribution is 5.39. The third-order valence-corrected chi connectivity index (χ3v) is 1.75. The van der Waals surface area contributed by atoms with Crippen molar-refractivity contribution in [1.82, 2.24) is 0 Å². The van der Waals surface area contributed by atoms with Gasteiger partial charge in [-0.15, -0.1) is 0 Å². The van der Waals surface area contributed by atoms with Gasteiger partial charge < -0.3 is 0 Å². The largest absolute Gasteiger partial charge is 0.0961 e. The summed E-state index contributed by atoms with van der Waals surface area (Å²) in [5.41, 5.74) is 3.33. The highest BCUT2D eigenvalue weighted by Crippen LogP contribution is 2.11. The van der Waals surface area contributed by atoms with Crippen LogP contribution in [-0.2, 0) is 0 Å². The van der Waals surface area contributed by atoms with Gasteiger partial charge >= 0.3 is 0 Å². The second-order valence-corrected chi connectivity index (χ2v) is 3.42. The lowest BCUT2D eigenvalue weighted by atomic mass is 10.1. The molecule has 0 aliphatic rings. The molecule has 0 saturated heterocycles. The van der Waals surface area contributed by atoms with E-state index < -0.39 is 0 Å². The Bertz CT molecular complexity index is 285. The van der Waals surface area contributed by atoms with Gasteiger partial charge in [-0.3, -0.25) is 0 Å². The molecule has 14 heavy (non-hydrogen) atoms. The Morgan fingerprint density at radius 1 is 1.14 bits per heavy atom. The fraction of sp³-hybridized carbons (Fsp3) is 0.286. The van der Waals surface area contributed by atoms with Gasteiger partial charge in [0.25, 0.3) is 0 Å². The Balaban J connectivity index is 4.52. The van der Waals surface area contributed by atoms with Crippen molar-refractivity contribution in [3.63, 3.8) is 0 Å². The average molecular weight is 188 g/mol. The van der Waals surface area contributed by atoms with Crippen molar-refractivity contribution < 1.29 is 0 Å². The molecule has 0 aliphatic carbocycles. The fourth-order valence-electron chi connectivity index (χ4n) is 0.948. The lowest BCUT2D eigenvalue weighted by molar-refractivity contribution is 1.31. The molecular formula is C14H20. The minimum Gasteiger partial charge on any atom is -0.0961 e. The molecule has 0 spiro atoms. The normalized spacial score (nSPS) is 12.6. The van der Waals surface area contributed by atoms with Crippen LogP contribution < -0.4 is 0 Å². The first-order valence-corrected chi connectivity index (χ1v) is 4.88. The van der Waals surface area contributed by atoms with Crippen LogP contribution in [0.2, 0.25) is 0 Å². The summed E-state index contributed by atoms with van der Waals surface area (Å²) >= 11 is 0. The van der Waals surface area contributed by atoms with E-state index in [1.165, 1.54) is 5.57 Å². The van der Waals surface area contributed by atoms with E-state index >= 15 is 0 Å². The summed E-state index contributed by atoms with van der Waals surface area (Å²) in [4.78, 5) is 0. The number of hydrogen-bond donors (Lipinski definition) is 0. The van der Waals surface area contributed by atoms with Gasteiger partial charge in [0.15, 0.2) is 0 Å². The smallest absolute Gasteiger partial charge is 0.0160 e. The van der Waals surface area contributed by atoms with Gasteiger partial charge in [0.2, 0.25) is 0 Å². The molecule has 0 unspecified atom stereocenters. The zero-order valence-corrected chi connectivity index (χ0v) is 9.51. The molecule has 0 amide bonds. The molecular weight excluding hydrogens is 168 g/mol.